The van der Waals surface area contributed by atoms with Crippen molar-refractivity contribution in [3.63, 3.8) is 0 Å². The van der Waals surface area contributed by atoms with Crippen molar-refractivity contribution in [3.8, 4) is 12.1 Å². The molecule has 276 valence electrons. The average molecular weight is 711 g/mol. The predicted octanol–water partition coefficient (Wildman–Crippen LogP) is 9.14. The Morgan fingerprint density at radius 1 is 0.660 bits per heavy atom. The monoisotopic (exact) mass is 710 g/mol. The van der Waals surface area contributed by atoms with Crippen LogP contribution in [0.15, 0.2) is 71.2 Å². The number of nitrogens with zero attached hydrogens (tertiary/aromatic N) is 4. The Labute approximate surface area is 316 Å². The lowest BCUT2D eigenvalue weighted by atomic mass is 9.68. The highest BCUT2D eigenvalue weighted by Crippen LogP contribution is 2.52. The molecule has 0 spiro atoms. The molecule has 5 aliphatic heterocycles. The number of allylic oxidation sites excluding steroid dienone is 6. The fraction of sp³-hybridized carbons (Fsp3) is 0.478. The van der Waals surface area contributed by atoms with Crippen molar-refractivity contribution >= 4 is 23.5 Å². The van der Waals surface area contributed by atoms with Gasteiger partial charge in [-0.1, -0.05) is 67.5 Å². The smallest absolute Gasteiger partial charge is 0.137 e. The molecule has 5 aliphatic rings. The van der Waals surface area contributed by atoms with Gasteiger partial charge in [0, 0.05) is 68.2 Å². The van der Waals surface area contributed by atoms with Crippen molar-refractivity contribution in [2.24, 2.45) is 0 Å². The van der Waals surface area contributed by atoms with Crippen LogP contribution in [0.1, 0.15) is 102 Å². The molecule has 0 amide bonds. The van der Waals surface area contributed by atoms with E-state index in [0.717, 1.165) is 50.1 Å². The summed E-state index contributed by atoms with van der Waals surface area (Å²) in [6, 6.07) is 13.4. The first kappa shape index (κ1) is 36.8. The zero-order chi connectivity index (χ0) is 38.1. The molecule has 2 unspecified atom stereocenters. The molecule has 0 radical (unpaired) electrons. The summed E-state index contributed by atoms with van der Waals surface area (Å²) in [5.41, 5.74) is 10.5. The number of rotatable bonds is 6. The minimum Gasteiger partial charge on any atom is -0.457 e. The average Bonchev–Trinajstić information content (AvgIpc) is 3.12. The lowest BCUT2D eigenvalue weighted by Gasteiger charge is -2.51. The molecule has 0 bridgehead atoms. The molecular formula is C46H54N4O3. The first-order valence-corrected chi connectivity index (χ1v) is 19.0. The maximum atomic E-state index is 9.85. The van der Waals surface area contributed by atoms with Crippen molar-refractivity contribution in [2.75, 3.05) is 50.2 Å². The van der Waals surface area contributed by atoms with Crippen molar-refractivity contribution < 1.29 is 14.2 Å². The minimum absolute atomic E-state index is 0.0362. The molecule has 2 aromatic rings. The SMILES string of the molecule is COC1CN2CCC(C)(C)c3cc(C=CC4=CC(=C(C#N)C#N)C=C(C=Cc5cc6c7c(c5)C(C)(C)C(OC)CN7CCC6(C)C)O4)cc(c32)C1(C)C. The maximum absolute atomic E-state index is 9.85. The van der Waals surface area contributed by atoms with E-state index in [1.165, 1.54) is 33.6 Å². The van der Waals surface area contributed by atoms with E-state index < -0.39 is 0 Å². The second-order valence-electron chi connectivity index (χ2n) is 17.9. The Kier molecular flexibility index (Phi) is 9.08. The second kappa shape index (κ2) is 13.1. The van der Waals surface area contributed by atoms with Crippen LogP contribution < -0.4 is 9.80 Å². The molecule has 0 aromatic heterocycles. The highest BCUT2D eigenvalue weighted by molar-refractivity contribution is 5.74. The normalized spacial score (nSPS) is 24.4. The predicted molar refractivity (Wildman–Crippen MR) is 214 cm³/mol. The van der Waals surface area contributed by atoms with E-state index in [1.807, 2.05) is 26.4 Å². The van der Waals surface area contributed by atoms with E-state index in [4.69, 9.17) is 14.2 Å². The summed E-state index contributed by atoms with van der Waals surface area (Å²) in [7, 11) is 3.64. The highest BCUT2D eigenvalue weighted by atomic mass is 16.5. The van der Waals surface area contributed by atoms with E-state index >= 15 is 0 Å². The van der Waals surface area contributed by atoms with Crippen LogP contribution in [0.25, 0.3) is 12.2 Å². The molecule has 2 atom stereocenters. The summed E-state index contributed by atoms with van der Waals surface area (Å²) < 4.78 is 18.5. The van der Waals surface area contributed by atoms with Crippen LogP contribution in [0.2, 0.25) is 0 Å². The number of ether oxygens (including phenoxy) is 3. The second-order valence-corrected chi connectivity index (χ2v) is 17.9. The van der Waals surface area contributed by atoms with Gasteiger partial charge in [-0.25, -0.2) is 0 Å². The molecule has 0 fully saturated rings. The summed E-state index contributed by atoms with van der Waals surface area (Å²) >= 11 is 0. The fourth-order valence-electron chi connectivity index (χ4n) is 9.19. The van der Waals surface area contributed by atoms with Gasteiger partial charge in [0.25, 0.3) is 0 Å². The third-order valence-corrected chi connectivity index (χ3v) is 12.9. The van der Waals surface area contributed by atoms with Gasteiger partial charge in [0.2, 0.25) is 0 Å². The molecule has 0 aliphatic carbocycles. The third-order valence-electron chi connectivity index (χ3n) is 12.9. The molecule has 0 N–H and O–H groups in total. The Balaban J connectivity index is 1.25. The first-order valence-electron chi connectivity index (χ1n) is 19.0. The molecule has 2 aromatic carbocycles. The summed E-state index contributed by atoms with van der Waals surface area (Å²) in [6.45, 7) is 22.3. The zero-order valence-electron chi connectivity index (χ0n) is 33.2. The van der Waals surface area contributed by atoms with Gasteiger partial charge in [0.1, 0.15) is 29.2 Å². The lowest BCUT2D eigenvalue weighted by Crippen LogP contribution is -2.53. The van der Waals surface area contributed by atoms with Gasteiger partial charge in [-0.2, -0.15) is 10.5 Å². The molecule has 0 saturated heterocycles. The summed E-state index contributed by atoms with van der Waals surface area (Å²) in [6.07, 6.45) is 13.9. The molecular weight excluding hydrogens is 657 g/mol. The number of methoxy groups -OCH3 is 2. The van der Waals surface area contributed by atoms with Crippen LogP contribution in [0.3, 0.4) is 0 Å². The van der Waals surface area contributed by atoms with Crippen molar-refractivity contribution in [1.82, 2.24) is 0 Å². The summed E-state index contributed by atoms with van der Waals surface area (Å²) in [5.74, 6) is 1.13. The number of hydrogen-bond acceptors (Lipinski definition) is 7. The molecule has 0 saturated carbocycles. The van der Waals surface area contributed by atoms with Gasteiger partial charge in [0.05, 0.1) is 12.2 Å². The highest BCUT2D eigenvalue weighted by Gasteiger charge is 2.46. The van der Waals surface area contributed by atoms with Crippen LogP contribution in [-0.2, 0) is 35.9 Å². The van der Waals surface area contributed by atoms with E-state index in [1.54, 1.807) is 12.2 Å². The van der Waals surface area contributed by atoms with E-state index in [0.29, 0.717) is 17.1 Å². The van der Waals surface area contributed by atoms with Crippen molar-refractivity contribution in [3.05, 3.63) is 105 Å². The Hall–Kier alpha value is -4.56. The maximum Gasteiger partial charge on any atom is 0.137 e. The Morgan fingerprint density at radius 3 is 1.43 bits per heavy atom. The summed E-state index contributed by atoms with van der Waals surface area (Å²) in [4.78, 5) is 5.01. The number of nitriles is 2. The minimum atomic E-state index is -0.166. The lowest BCUT2D eigenvalue weighted by molar-refractivity contribution is 0.0452. The third kappa shape index (κ3) is 6.23. The van der Waals surface area contributed by atoms with Crippen LogP contribution in [0.4, 0.5) is 11.4 Å². The number of benzene rings is 2. The van der Waals surface area contributed by atoms with Crippen LogP contribution in [-0.4, -0.2) is 52.6 Å². The van der Waals surface area contributed by atoms with E-state index in [9.17, 15) is 10.5 Å². The number of hydrogen-bond donors (Lipinski definition) is 0. The van der Waals surface area contributed by atoms with Crippen LogP contribution >= 0.6 is 0 Å². The Bertz CT molecular complexity index is 1950. The van der Waals surface area contributed by atoms with Gasteiger partial charge < -0.3 is 24.0 Å². The van der Waals surface area contributed by atoms with Gasteiger partial charge in [-0.15, -0.1) is 0 Å². The summed E-state index contributed by atoms with van der Waals surface area (Å²) in [5, 5.41) is 19.7. The van der Waals surface area contributed by atoms with E-state index in [-0.39, 0.29) is 39.4 Å². The van der Waals surface area contributed by atoms with Gasteiger partial charge in [0.15, 0.2) is 0 Å². The molecule has 53 heavy (non-hydrogen) atoms. The van der Waals surface area contributed by atoms with Crippen LogP contribution in [0, 0.1) is 22.7 Å². The van der Waals surface area contributed by atoms with Crippen molar-refractivity contribution in [2.45, 2.75) is 102 Å². The standard InChI is InChI=1S/C46H54N4O3/c1-43(2)15-17-49-27-39(51-9)45(5,6)37-21-29(19-35(43)41(37)49)11-13-33-23-31(32(25-47)26-48)24-34(53-33)14-12-30-20-36-42-38(22-30)46(7,8)40(52-10)28-50(42)18-16-44(36,3)4/h11-14,19-24,39-40H,15-18,27-28H2,1-10H3. The Morgan fingerprint density at radius 2 is 1.06 bits per heavy atom. The largest absolute Gasteiger partial charge is 0.457 e. The first-order chi connectivity index (χ1) is 25.0. The quantitative estimate of drug-likeness (QED) is 0.277. The van der Waals surface area contributed by atoms with E-state index in [2.05, 4.69) is 114 Å². The van der Waals surface area contributed by atoms with Crippen LogP contribution in [0.5, 0.6) is 0 Å². The van der Waals surface area contributed by atoms with Gasteiger partial charge >= 0.3 is 0 Å². The van der Waals surface area contributed by atoms with Gasteiger partial charge in [-0.05, 0) is 106 Å². The van der Waals surface area contributed by atoms with Crippen molar-refractivity contribution in [1.29, 1.82) is 10.5 Å². The molecule has 5 heterocycles. The fourth-order valence-corrected chi connectivity index (χ4v) is 9.19. The molecule has 7 rings (SSSR count). The molecule has 7 nitrogen and oxygen atoms in total. The topological polar surface area (TPSA) is 81.8 Å². The molecule has 7 heteroatoms. The number of anilines is 2. The van der Waals surface area contributed by atoms with Gasteiger partial charge in [-0.3, -0.25) is 0 Å². The zero-order valence-corrected chi connectivity index (χ0v) is 33.2.